The van der Waals surface area contributed by atoms with Crippen LogP contribution in [0.3, 0.4) is 0 Å². The van der Waals surface area contributed by atoms with Crippen LogP contribution >= 0.6 is 0 Å². The lowest BCUT2D eigenvalue weighted by molar-refractivity contribution is -0.270. The highest BCUT2D eigenvalue weighted by molar-refractivity contribution is 5.88. The first-order valence-electron chi connectivity index (χ1n) is 4.93. The molecule has 0 rings (SSSR count). The van der Waals surface area contributed by atoms with Crippen molar-refractivity contribution >= 4 is 11.9 Å². The van der Waals surface area contributed by atoms with Crippen LogP contribution in [0.4, 0.5) is 22.0 Å². The maximum atomic E-state index is 12.6. The van der Waals surface area contributed by atoms with Crippen LogP contribution in [0.15, 0.2) is 0 Å². The molecule has 2 atom stereocenters. The molecule has 0 aliphatic heterocycles. The lowest BCUT2D eigenvalue weighted by Crippen LogP contribution is -2.56. The van der Waals surface area contributed by atoms with Crippen molar-refractivity contribution in [2.24, 2.45) is 5.92 Å². The minimum atomic E-state index is -6.06. The molecule has 0 radical (unpaired) electrons. The molecule has 18 heavy (non-hydrogen) atoms. The first-order chi connectivity index (χ1) is 7.95. The maximum absolute atomic E-state index is 12.6. The van der Waals surface area contributed by atoms with Gasteiger partial charge in [0.1, 0.15) is 6.04 Å². The van der Waals surface area contributed by atoms with E-state index in [1.165, 1.54) is 19.2 Å². The van der Waals surface area contributed by atoms with Crippen LogP contribution in [-0.4, -0.2) is 35.1 Å². The molecule has 4 nitrogen and oxygen atoms in total. The molecule has 0 aromatic carbocycles. The van der Waals surface area contributed by atoms with Gasteiger partial charge in [-0.1, -0.05) is 20.3 Å². The second kappa shape index (κ2) is 5.49. The lowest BCUT2D eigenvalue weighted by Gasteiger charge is -2.24. The van der Waals surface area contributed by atoms with Gasteiger partial charge in [0.05, 0.1) is 0 Å². The third kappa shape index (κ3) is 3.54. The van der Waals surface area contributed by atoms with Crippen LogP contribution in [-0.2, 0) is 9.59 Å². The zero-order valence-corrected chi connectivity index (χ0v) is 9.52. The number of nitrogens with one attached hydrogen (secondary N) is 1. The highest BCUT2D eigenvalue weighted by Crippen LogP contribution is 2.35. The predicted octanol–water partition coefficient (Wildman–Crippen LogP) is 1.80. The minimum absolute atomic E-state index is 0.189. The van der Waals surface area contributed by atoms with Crippen molar-refractivity contribution in [3.63, 3.8) is 0 Å². The van der Waals surface area contributed by atoms with E-state index in [4.69, 9.17) is 5.11 Å². The molecule has 0 heterocycles. The number of hydrogen-bond acceptors (Lipinski definition) is 2. The standard InChI is InChI=1S/C9H12F5NO3/c1-3-4(2)5(6(16)17)15-7(18)8(10,11)9(12,13)14/h4-5H,3H2,1-2H3,(H,15,18)(H,16,17)/t4?,5-/m0/s1. The van der Waals surface area contributed by atoms with Gasteiger partial charge in [0, 0.05) is 0 Å². The summed E-state index contributed by atoms with van der Waals surface area (Å²) in [7, 11) is 0. The Balaban J connectivity index is 4.98. The number of rotatable bonds is 5. The van der Waals surface area contributed by atoms with E-state index in [2.05, 4.69) is 0 Å². The van der Waals surface area contributed by atoms with Gasteiger partial charge < -0.3 is 10.4 Å². The first-order valence-corrected chi connectivity index (χ1v) is 4.93. The number of aliphatic carboxylic acids is 1. The molecule has 0 aliphatic rings. The Hall–Kier alpha value is -1.41. The maximum Gasteiger partial charge on any atom is 0.463 e. The molecule has 2 N–H and O–H groups in total. The van der Waals surface area contributed by atoms with Crippen molar-refractivity contribution in [2.45, 2.75) is 38.4 Å². The van der Waals surface area contributed by atoms with Crippen molar-refractivity contribution in [3.8, 4) is 0 Å². The van der Waals surface area contributed by atoms with Crippen molar-refractivity contribution in [1.29, 1.82) is 0 Å². The molecule has 0 saturated carbocycles. The fraction of sp³-hybridized carbons (Fsp3) is 0.778. The fourth-order valence-corrected chi connectivity index (χ4v) is 1.04. The summed E-state index contributed by atoms with van der Waals surface area (Å²) in [5.74, 6) is -10.7. The molecule has 0 spiro atoms. The van der Waals surface area contributed by atoms with Crippen LogP contribution in [0.5, 0.6) is 0 Å². The summed E-state index contributed by atoms with van der Waals surface area (Å²) < 4.78 is 60.8. The van der Waals surface area contributed by atoms with E-state index in [1.54, 1.807) is 0 Å². The fourth-order valence-electron chi connectivity index (χ4n) is 1.04. The third-order valence-corrected chi connectivity index (χ3v) is 2.41. The van der Waals surface area contributed by atoms with Crippen molar-refractivity contribution < 1.29 is 36.6 Å². The first kappa shape index (κ1) is 16.6. The third-order valence-electron chi connectivity index (χ3n) is 2.41. The van der Waals surface area contributed by atoms with E-state index in [1.807, 2.05) is 0 Å². The van der Waals surface area contributed by atoms with Gasteiger partial charge in [0.25, 0.3) is 0 Å². The Morgan fingerprint density at radius 1 is 1.22 bits per heavy atom. The van der Waals surface area contributed by atoms with E-state index in [0.717, 1.165) is 0 Å². The molecule has 1 amide bonds. The summed E-state index contributed by atoms with van der Waals surface area (Å²) >= 11 is 0. The van der Waals surface area contributed by atoms with Gasteiger partial charge in [-0.25, -0.2) is 4.79 Å². The van der Waals surface area contributed by atoms with Gasteiger partial charge in [-0.05, 0) is 5.92 Å². The molecule has 9 heteroatoms. The van der Waals surface area contributed by atoms with Crippen molar-refractivity contribution in [2.75, 3.05) is 0 Å². The molecule has 0 fully saturated rings. The highest BCUT2D eigenvalue weighted by Gasteiger charge is 2.63. The Morgan fingerprint density at radius 2 is 1.67 bits per heavy atom. The Bertz CT molecular complexity index is 329. The Kier molecular flexibility index (Phi) is 5.06. The minimum Gasteiger partial charge on any atom is -0.480 e. The Labute approximate surface area is 99.2 Å². The topological polar surface area (TPSA) is 66.4 Å². The van der Waals surface area contributed by atoms with Crippen LogP contribution in [0, 0.1) is 5.92 Å². The number of hydrogen-bond donors (Lipinski definition) is 2. The molecule has 1 unspecified atom stereocenters. The molecular weight excluding hydrogens is 265 g/mol. The van der Waals surface area contributed by atoms with E-state index in [0.29, 0.717) is 0 Å². The predicted molar refractivity (Wildman–Crippen MR) is 50.0 cm³/mol. The number of alkyl halides is 5. The van der Waals surface area contributed by atoms with Crippen molar-refractivity contribution in [3.05, 3.63) is 0 Å². The largest absolute Gasteiger partial charge is 0.480 e. The quantitative estimate of drug-likeness (QED) is 0.753. The van der Waals surface area contributed by atoms with Gasteiger partial charge >= 0.3 is 24.0 Å². The summed E-state index contributed by atoms with van der Waals surface area (Å²) in [6.45, 7) is 2.82. The summed E-state index contributed by atoms with van der Waals surface area (Å²) in [5.41, 5.74) is 0. The smallest absolute Gasteiger partial charge is 0.463 e. The molecule has 0 saturated heterocycles. The van der Waals surface area contributed by atoms with E-state index >= 15 is 0 Å². The lowest BCUT2D eigenvalue weighted by atomic mass is 9.99. The summed E-state index contributed by atoms with van der Waals surface area (Å²) in [4.78, 5) is 21.5. The number of halogens is 5. The number of carbonyl (C=O) groups is 2. The molecule has 0 bridgehead atoms. The second-order valence-corrected chi connectivity index (χ2v) is 3.75. The number of carboxylic acids is 1. The van der Waals surface area contributed by atoms with E-state index in [-0.39, 0.29) is 6.42 Å². The zero-order valence-electron chi connectivity index (χ0n) is 9.52. The van der Waals surface area contributed by atoms with E-state index < -0.39 is 35.9 Å². The number of amides is 1. The molecular formula is C9H12F5NO3. The number of carboxylic acid groups (broad SMARTS) is 1. The average Bonchev–Trinajstić information content (AvgIpc) is 2.22. The molecule has 0 aliphatic carbocycles. The van der Waals surface area contributed by atoms with Crippen molar-refractivity contribution in [1.82, 2.24) is 5.32 Å². The number of carbonyl (C=O) groups excluding carboxylic acids is 1. The van der Waals surface area contributed by atoms with E-state index in [9.17, 15) is 31.5 Å². The van der Waals surface area contributed by atoms with Crippen LogP contribution in [0.2, 0.25) is 0 Å². The van der Waals surface area contributed by atoms with Gasteiger partial charge in [-0.2, -0.15) is 22.0 Å². The summed E-state index contributed by atoms with van der Waals surface area (Å²) in [6, 6.07) is -1.80. The summed E-state index contributed by atoms with van der Waals surface area (Å²) in [5, 5.41) is 9.86. The highest BCUT2D eigenvalue weighted by atomic mass is 19.4. The normalized spacial score (nSPS) is 15.9. The van der Waals surface area contributed by atoms with Gasteiger partial charge in [0.15, 0.2) is 0 Å². The van der Waals surface area contributed by atoms with Crippen LogP contribution in [0.25, 0.3) is 0 Å². The Morgan fingerprint density at radius 3 is 1.94 bits per heavy atom. The second-order valence-electron chi connectivity index (χ2n) is 3.75. The average molecular weight is 277 g/mol. The molecule has 106 valence electrons. The summed E-state index contributed by atoms with van der Waals surface area (Å²) in [6.07, 6.45) is -5.87. The van der Waals surface area contributed by atoms with Crippen LogP contribution < -0.4 is 5.32 Å². The zero-order chi connectivity index (χ0) is 14.7. The molecule has 0 aromatic rings. The van der Waals surface area contributed by atoms with Gasteiger partial charge in [0.2, 0.25) is 0 Å². The van der Waals surface area contributed by atoms with Gasteiger partial charge in [-0.3, -0.25) is 4.79 Å². The molecule has 0 aromatic heterocycles. The van der Waals surface area contributed by atoms with Gasteiger partial charge in [-0.15, -0.1) is 0 Å². The monoisotopic (exact) mass is 277 g/mol. The van der Waals surface area contributed by atoms with Crippen LogP contribution in [0.1, 0.15) is 20.3 Å². The SMILES string of the molecule is CCC(C)[C@H](NC(=O)C(F)(F)C(F)(F)F)C(=O)O.